The van der Waals surface area contributed by atoms with E-state index in [9.17, 15) is 0 Å². The minimum absolute atomic E-state index is 0.387. The van der Waals surface area contributed by atoms with E-state index in [1.807, 2.05) is 18.2 Å². The average molecular weight is 334 g/mol. The molecule has 1 atom stereocenters. The molecule has 3 heteroatoms. The summed E-state index contributed by atoms with van der Waals surface area (Å²) in [5.74, 6) is 0.960. The minimum atomic E-state index is 0.387. The van der Waals surface area contributed by atoms with E-state index in [2.05, 4.69) is 58.5 Å². The Morgan fingerprint density at radius 1 is 1.05 bits per heavy atom. The number of hydrogen-bond acceptors (Lipinski definition) is 2. The zero-order chi connectivity index (χ0) is 14.4. The summed E-state index contributed by atoms with van der Waals surface area (Å²) in [7, 11) is 1.72. The van der Waals surface area contributed by atoms with Crippen LogP contribution in [0, 0.1) is 0 Å². The molecule has 2 nitrogen and oxygen atoms in total. The molecule has 0 heterocycles. The first-order valence-electron chi connectivity index (χ1n) is 6.79. The van der Waals surface area contributed by atoms with Gasteiger partial charge in [-0.3, -0.25) is 0 Å². The summed E-state index contributed by atoms with van der Waals surface area (Å²) in [6.45, 7) is 3.06. The Morgan fingerprint density at radius 3 is 2.40 bits per heavy atom. The van der Waals surface area contributed by atoms with Crippen molar-refractivity contribution in [2.45, 2.75) is 25.9 Å². The summed E-state index contributed by atoms with van der Waals surface area (Å²) in [6.07, 6.45) is 0.953. The van der Waals surface area contributed by atoms with Gasteiger partial charge in [0.1, 0.15) is 5.75 Å². The molecule has 0 fully saturated rings. The first-order valence-corrected chi connectivity index (χ1v) is 7.58. The molecular formula is C17H20BrNO. The fraction of sp³-hybridized carbons (Fsp3) is 0.294. The van der Waals surface area contributed by atoms with Gasteiger partial charge < -0.3 is 10.1 Å². The van der Waals surface area contributed by atoms with Crippen molar-refractivity contribution < 1.29 is 4.74 Å². The van der Waals surface area contributed by atoms with Crippen LogP contribution in [0.4, 0.5) is 0 Å². The number of ether oxygens (including phenoxy) is 1. The SMILES string of the molecule is COc1ccccc1CC(C)NCc1ccccc1Br. The van der Waals surface area contributed by atoms with Crippen molar-refractivity contribution in [1.29, 1.82) is 0 Å². The van der Waals surface area contributed by atoms with Crippen molar-refractivity contribution in [2.75, 3.05) is 7.11 Å². The fourth-order valence-electron chi connectivity index (χ4n) is 2.20. The largest absolute Gasteiger partial charge is 0.496 e. The maximum absolute atomic E-state index is 5.39. The standard InChI is InChI=1S/C17H20BrNO/c1-13(11-14-7-4-6-10-17(14)20-2)19-12-15-8-3-5-9-16(15)18/h3-10,13,19H,11-12H2,1-2H3. The van der Waals surface area contributed by atoms with Crippen molar-refractivity contribution in [3.05, 3.63) is 64.1 Å². The van der Waals surface area contributed by atoms with Gasteiger partial charge in [-0.2, -0.15) is 0 Å². The predicted molar refractivity (Wildman–Crippen MR) is 87.1 cm³/mol. The molecule has 0 saturated heterocycles. The van der Waals surface area contributed by atoms with Crippen LogP contribution >= 0.6 is 15.9 Å². The zero-order valence-electron chi connectivity index (χ0n) is 11.9. The second-order valence-corrected chi connectivity index (χ2v) is 5.74. The van der Waals surface area contributed by atoms with Crippen LogP contribution < -0.4 is 10.1 Å². The third-order valence-electron chi connectivity index (χ3n) is 3.32. The number of para-hydroxylation sites is 1. The van der Waals surface area contributed by atoms with Gasteiger partial charge in [-0.25, -0.2) is 0 Å². The topological polar surface area (TPSA) is 21.3 Å². The highest BCUT2D eigenvalue weighted by Crippen LogP contribution is 2.19. The summed E-state index contributed by atoms with van der Waals surface area (Å²) >= 11 is 3.58. The Bertz CT molecular complexity index is 556. The number of benzene rings is 2. The van der Waals surface area contributed by atoms with Crippen molar-refractivity contribution >= 4 is 15.9 Å². The van der Waals surface area contributed by atoms with Gasteiger partial charge >= 0.3 is 0 Å². The molecule has 20 heavy (non-hydrogen) atoms. The maximum atomic E-state index is 5.39. The third kappa shape index (κ3) is 4.09. The number of hydrogen-bond donors (Lipinski definition) is 1. The maximum Gasteiger partial charge on any atom is 0.122 e. The summed E-state index contributed by atoms with van der Waals surface area (Å²) in [5, 5.41) is 3.55. The van der Waals surface area contributed by atoms with Gasteiger partial charge in [0, 0.05) is 17.1 Å². The summed E-state index contributed by atoms with van der Waals surface area (Å²) in [6, 6.07) is 16.9. The van der Waals surface area contributed by atoms with E-state index in [0.29, 0.717) is 6.04 Å². The lowest BCUT2D eigenvalue weighted by Crippen LogP contribution is -2.27. The molecular weight excluding hydrogens is 314 g/mol. The highest BCUT2D eigenvalue weighted by Gasteiger charge is 2.08. The van der Waals surface area contributed by atoms with Crippen LogP contribution in [0.3, 0.4) is 0 Å². The van der Waals surface area contributed by atoms with Crippen LogP contribution in [0.25, 0.3) is 0 Å². The number of rotatable bonds is 6. The second-order valence-electron chi connectivity index (χ2n) is 4.89. The lowest BCUT2D eigenvalue weighted by atomic mass is 10.1. The molecule has 106 valence electrons. The van der Waals surface area contributed by atoms with Crippen molar-refractivity contribution in [1.82, 2.24) is 5.32 Å². The minimum Gasteiger partial charge on any atom is -0.496 e. The van der Waals surface area contributed by atoms with E-state index in [4.69, 9.17) is 4.74 Å². The van der Waals surface area contributed by atoms with Gasteiger partial charge in [0.2, 0.25) is 0 Å². The normalized spacial score (nSPS) is 12.2. The van der Waals surface area contributed by atoms with Gasteiger partial charge in [0.25, 0.3) is 0 Å². The van der Waals surface area contributed by atoms with Crippen LogP contribution in [-0.4, -0.2) is 13.2 Å². The Hall–Kier alpha value is -1.32. The Morgan fingerprint density at radius 2 is 1.70 bits per heavy atom. The van der Waals surface area contributed by atoms with Gasteiger partial charge in [-0.15, -0.1) is 0 Å². The lowest BCUT2D eigenvalue weighted by Gasteiger charge is -2.16. The molecule has 0 bridgehead atoms. The number of halogens is 1. The summed E-state index contributed by atoms with van der Waals surface area (Å²) in [4.78, 5) is 0. The fourth-order valence-corrected chi connectivity index (χ4v) is 2.62. The Balaban J connectivity index is 1.93. The Kier molecular flexibility index (Phi) is 5.62. The Labute approximate surface area is 129 Å². The lowest BCUT2D eigenvalue weighted by molar-refractivity contribution is 0.406. The molecule has 0 radical (unpaired) electrons. The molecule has 0 aliphatic carbocycles. The van der Waals surface area contributed by atoms with E-state index >= 15 is 0 Å². The van der Waals surface area contributed by atoms with Crippen LogP contribution in [0.15, 0.2) is 53.0 Å². The molecule has 2 rings (SSSR count). The number of nitrogens with one attached hydrogen (secondary N) is 1. The second kappa shape index (κ2) is 7.46. The molecule has 0 saturated carbocycles. The van der Waals surface area contributed by atoms with Gasteiger partial charge in [-0.1, -0.05) is 52.3 Å². The van der Waals surface area contributed by atoms with Gasteiger partial charge in [-0.05, 0) is 36.6 Å². The van der Waals surface area contributed by atoms with Crippen molar-refractivity contribution in [3.63, 3.8) is 0 Å². The van der Waals surface area contributed by atoms with Crippen molar-refractivity contribution in [2.24, 2.45) is 0 Å². The molecule has 0 amide bonds. The average Bonchev–Trinajstić information content (AvgIpc) is 2.47. The molecule has 1 N–H and O–H groups in total. The van der Waals surface area contributed by atoms with E-state index in [1.54, 1.807) is 7.11 Å². The molecule has 0 aliphatic heterocycles. The van der Waals surface area contributed by atoms with Crippen LogP contribution in [-0.2, 0) is 13.0 Å². The summed E-state index contributed by atoms with van der Waals surface area (Å²) in [5.41, 5.74) is 2.52. The monoisotopic (exact) mass is 333 g/mol. The highest BCUT2D eigenvalue weighted by molar-refractivity contribution is 9.10. The first kappa shape index (κ1) is 15.1. The molecule has 2 aromatic carbocycles. The molecule has 1 unspecified atom stereocenters. The summed E-state index contributed by atoms with van der Waals surface area (Å²) < 4.78 is 6.54. The quantitative estimate of drug-likeness (QED) is 0.856. The first-order chi connectivity index (χ1) is 9.70. The van der Waals surface area contributed by atoms with Gasteiger partial charge in [0.05, 0.1) is 7.11 Å². The molecule has 0 spiro atoms. The van der Waals surface area contributed by atoms with E-state index < -0.39 is 0 Å². The van der Waals surface area contributed by atoms with Crippen LogP contribution in [0.2, 0.25) is 0 Å². The van der Waals surface area contributed by atoms with Crippen molar-refractivity contribution in [3.8, 4) is 5.75 Å². The van der Waals surface area contributed by atoms with E-state index in [0.717, 1.165) is 23.2 Å². The molecule has 0 aliphatic rings. The zero-order valence-corrected chi connectivity index (χ0v) is 13.5. The highest BCUT2D eigenvalue weighted by atomic mass is 79.9. The smallest absolute Gasteiger partial charge is 0.122 e. The predicted octanol–water partition coefficient (Wildman–Crippen LogP) is 4.18. The number of methoxy groups -OCH3 is 1. The third-order valence-corrected chi connectivity index (χ3v) is 4.09. The van der Waals surface area contributed by atoms with Gasteiger partial charge in [0.15, 0.2) is 0 Å². The molecule has 0 aromatic heterocycles. The van der Waals surface area contributed by atoms with Crippen LogP contribution in [0.1, 0.15) is 18.1 Å². The molecule has 2 aromatic rings. The van der Waals surface area contributed by atoms with E-state index in [-0.39, 0.29) is 0 Å². The van der Waals surface area contributed by atoms with Crippen LogP contribution in [0.5, 0.6) is 5.75 Å². The van der Waals surface area contributed by atoms with E-state index in [1.165, 1.54) is 11.1 Å².